The van der Waals surface area contributed by atoms with E-state index >= 15 is 0 Å². The highest BCUT2D eigenvalue weighted by atomic mass is 16.6. The molecule has 0 bridgehead atoms. The van der Waals surface area contributed by atoms with Crippen molar-refractivity contribution in [2.45, 2.75) is 439 Å². The lowest BCUT2D eigenvalue weighted by Gasteiger charge is -2.35. The van der Waals surface area contributed by atoms with Crippen molar-refractivity contribution in [1.82, 2.24) is 10.6 Å². The van der Waals surface area contributed by atoms with Gasteiger partial charge < -0.3 is 49.3 Å². The van der Waals surface area contributed by atoms with Crippen molar-refractivity contribution in [2.75, 3.05) is 0 Å². The van der Waals surface area contributed by atoms with Crippen molar-refractivity contribution in [3.63, 3.8) is 0 Å². The Morgan fingerprint density at radius 1 is 0.360 bits per heavy atom. The van der Waals surface area contributed by atoms with Gasteiger partial charge in [-0.1, -0.05) is 274 Å². The molecule has 0 radical (unpaired) electrons. The molecule has 0 aromatic carbocycles. The number of aliphatic hydroxyl groups is 2. The summed E-state index contributed by atoms with van der Waals surface area (Å²) in [6.45, 7) is 24.4. The Morgan fingerprint density at radius 2 is 0.570 bits per heavy atom. The van der Waals surface area contributed by atoms with Crippen LogP contribution in [0.5, 0.6) is 0 Å². The number of unbranched alkanes of at least 4 members (excludes halogenated alkanes) is 32. The molecule has 18 nitrogen and oxygen atoms in total. The van der Waals surface area contributed by atoms with E-state index in [1.807, 2.05) is 55.4 Å². The largest absolute Gasteiger partial charge is 0.461 e. The van der Waals surface area contributed by atoms with Gasteiger partial charge in [0.1, 0.15) is 48.7 Å². The molecule has 4 rings (SSSR count). The van der Waals surface area contributed by atoms with Crippen molar-refractivity contribution in [3.05, 3.63) is 0 Å². The third-order valence-electron chi connectivity index (χ3n) is 20.4. The molecule has 2 amide bonds. The molecule has 4 saturated heterocycles. The van der Waals surface area contributed by atoms with E-state index in [1.54, 1.807) is 0 Å². The van der Waals surface area contributed by atoms with Crippen LogP contribution in [0.15, 0.2) is 0 Å². The normalized spacial score (nSPS) is 21.4. The minimum Gasteiger partial charge on any atom is -0.461 e. The maximum atomic E-state index is 12.6. The standard InChI is InChI=1S/2C24H43NO5.2C17H32O3/c2*1-5-6-7-8-9-10-11-12-13-14-20(16-22-19(4)23(27)30-22)29-24(28)21(25-17-26)15-18(2)3;2*1-3-4-5-6-7-8-9-10-11-12-15(18)13-16-14(2)17(19)20-16/h2*17-22H,5-16H2,1-4H3,(H,25,26);2*14-16,18H,3-13H2,1-2H3/t19-,20+,21+,22-;19-,20-,21-,22-;14-,15+,16-;14-,15-,16-/m1001/s1. The molecular formula is C82H150N2O16. The molecule has 584 valence electrons. The fourth-order valence-electron chi connectivity index (χ4n) is 13.3. The molecule has 4 aliphatic rings. The number of carbonyl (C=O) groups is 8. The second kappa shape index (κ2) is 60.0. The topological polar surface area (TPSA) is 256 Å². The molecule has 14 atom stereocenters. The first-order chi connectivity index (χ1) is 48.1. The molecule has 0 saturated carbocycles. The van der Waals surface area contributed by atoms with Crippen LogP contribution < -0.4 is 10.6 Å². The lowest BCUT2D eigenvalue weighted by atomic mass is 9.92. The van der Waals surface area contributed by atoms with Crippen LogP contribution in [-0.2, 0) is 66.8 Å². The minimum absolute atomic E-state index is 0.0206. The van der Waals surface area contributed by atoms with Crippen molar-refractivity contribution in [1.29, 1.82) is 0 Å². The third kappa shape index (κ3) is 45.0. The lowest BCUT2D eigenvalue weighted by molar-refractivity contribution is -0.189. The van der Waals surface area contributed by atoms with Crippen molar-refractivity contribution in [3.8, 4) is 0 Å². The second-order valence-electron chi connectivity index (χ2n) is 30.8. The van der Waals surface area contributed by atoms with Gasteiger partial charge in [0, 0.05) is 25.7 Å². The van der Waals surface area contributed by atoms with Gasteiger partial charge in [0.2, 0.25) is 12.8 Å². The summed E-state index contributed by atoms with van der Waals surface area (Å²) in [5.74, 6) is -1.21. The predicted molar refractivity (Wildman–Crippen MR) is 399 cm³/mol. The Morgan fingerprint density at radius 3 is 0.770 bits per heavy atom. The van der Waals surface area contributed by atoms with Gasteiger partial charge in [0.05, 0.1) is 35.9 Å². The van der Waals surface area contributed by atoms with Gasteiger partial charge in [-0.25, -0.2) is 9.59 Å². The maximum absolute atomic E-state index is 12.6. The summed E-state index contributed by atoms with van der Waals surface area (Å²) in [6, 6.07) is -1.26. The Bertz CT molecular complexity index is 1970. The van der Waals surface area contributed by atoms with Crippen molar-refractivity contribution >= 4 is 48.6 Å². The number of hydrogen-bond donors (Lipinski definition) is 4. The van der Waals surface area contributed by atoms with Gasteiger partial charge in [0.15, 0.2) is 0 Å². The zero-order chi connectivity index (χ0) is 74.3. The number of ether oxygens (including phenoxy) is 6. The first kappa shape index (κ1) is 93.7. The Labute approximate surface area is 608 Å². The molecule has 0 aliphatic carbocycles. The number of aliphatic hydroxyl groups excluding tert-OH is 2. The molecular weight excluding hydrogens is 1270 g/mol. The number of amides is 2. The zero-order valence-electron chi connectivity index (χ0n) is 65.5. The van der Waals surface area contributed by atoms with E-state index in [4.69, 9.17) is 28.4 Å². The van der Waals surface area contributed by atoms with Gasteiger partial charge in [-0.05, 0) is 90.9 Å². The third-order valence-corrected chi connectivity index (χ3v) is 20.4. The Hall–Kier alpha value is -4.32. The van der Waals surface area contributed by atoms with Crippen LogP contribution in [0, 0.1) is 35.5 Å². The van der Waals surface area contributed by atoms with Crippen LogP contribution >= 0.6 is 0 Å². The average molecular weight is 1420 g/mol. The van der Waals surface area contributed by atoms with Crippen LogP contribution in [-0.4, -0.2) is 120 Å². The fraction of sp³-hybridized carbons (Fsp3) is 0.902. The summed E-state index contributed by atoms with van der Waals surface area (Å²) < 4.78 is 32.0. The van der Waals surface area contributed by atoms with E-state index in [0.29, 0.717) is 51.3 Å². The highest BCUT2D eigenvalue weighted by molar-refractivity contribution is 5.80. The molecule has 0 aromatic rings. The summed E-state index contributed by atoms with van der Waals surface area (Å²) in [7, 11) is 0. The monoisotopic (exact) mass is 1420 g/mol. The van der Waals surface area contributed by atoms with Crippen LogP contribution in [0.2, 0.25) is 0 Å². The summed E-state index contributed by atoms with van der Waals surface area (Å²) in [5, 5.41) is 25.0. The van der Waals surface area contributed by atoms with E-state index in [1.165, 1.54) is 193 Å². The molecule has 4 aliphatic heterocycles. The number of esters is 6. The number of cyclic esters (lactones) is 4. The van der Waals surface area contributed by atoms with Gasteiger partial charge in [-0.3, -0.25) is 28.8 Å². The highest BCUT2D eigenvalue weighted by Crippen LogP contribution is 2.32. The molecule has 0 aromatic heterocycles. The van der Waals surface area contributed by atoms with E-state index in [9.17, 15) is 48.6 Å². The highest BCUT2D eigenvalue weighted by Gasteiger charge is 2.43. The summed E-state index contributed by atoms with van der Waals surface area (Å²) in [5.41, 5.74) is 0. The van der Waals surface area contributed by atoms with E-state index in [-0.39, 0.29) is 108 Å². The molecule has 0 unspecified atom stereocenters. The first-order valence-electron chi connectivity index (χ1n) is 41.1. The molecule has 4 fully saturated rings. The predicted octanol–water partition coefficient (Wildman–Crippen LogP) is 18.3. The molecule has 18 heteroatoms. The number of rotatable bonds is 60. The Kier molecular flexibility index (Phi) is 56.2. The molecule has 4 heterocycles. The zero-order valence-corrected chi connectivity index (χ0v) is 65.5. The smallest absolute Gasteiger partial charge is 0.328 e. The minimum atomic E-state index is -0.630. The Balaban J connectivity index is 0.000000679. The van der Waals surface area contributed by atoms with E-state index in [0.717, 1.165) is 64.2 Å². The van der Waals surface area contributed by atoms with Gasteiger partial charge in [0.25, 0.3) is 0 Å². The summed E-state index contributed by atoms with van der Waals surface area (Å²) in [4.78, 5) is 91.7. The lowest BCUT2D eigenvalue weighted by Crippen LogP contribution is -2.46. The van der Waals surface area contributed by atoms with Gasteiger partial charge >= 0.3 is 35.8 Å². The number of nitrogens with one attached hydrogen (secondary N) is 2. The average Bonchev–Trinajstić information content (AvgIpc) is 0.849. The fourth-order valence-corrected chi connectivity index (χ4v) is 13.3. The van der Waals surface area contributed by atoms with E-state index < -0.39 is 24.0 Å². The maximum Gasteiger partial charge on any atom is 0.328 e. The molecule has 4 N–H and O–H groups in total. The molecule has 100 heavy (non-hydrogen) atoms. The quantitative estimate of drug-likeness (QED) is 0.0191. The number of carbonyl (C=O) groups excluding carboxylic acids is 8. The van der Waals surface area contributed by atoms with Crippen LogP contribution in [0.1, 0.15) is 378 Å². The summed E-state index contributed by atoms with van der Waals surface area (Å²) in [6.07, 6.45) is 51.7. The summed E-state index contributed by atoms with van der Waals surface area (Å²) >= 11 is 0. The van der Waals surface area contributed by atoms with Gasteiger partial charge in [-0.2, -0.15) is 0 Å². The van der Waals surface area contributed by atoms with E-state index in [2.05, 4.69) is 38.3 Å². The van der Waals surface area contributed by atoms with Crippen molar-refractivity contribution < 1.29 is 77.0 Å². The molecule has 0 spiro atoms. The number of hydrogen-bond acceptors (Lipinski definition) is 16. The second-order valence-corrected chi connectivity index (χ2v) is 30.8. The SMILES string of the molecule is CCCCCCCCCCC[C@@H](C[C@@H]1OC(=O)[C@H]1C)OC(=O)[C@H](CC(C)C)NC=O.CCCCCCCCCCC[C@@H](C[C@H]1OC(=O)[C@@H]1C)OC(=O)[C@H](CC(C)C)NC=O.CCCCCCCCCCC[C@@H](O)C[C@@H]1OC(=O)[C@H]1C.CCCCCCCCCCC[C@@H](O)C[C@H]1OC(=O)[C@@H]1C. The van der Waals surface area contributed by atoms with Crippen LogP contribution in [0.3, 0.4) is 0 Å². The van der Waals surface area contributed by atoms with Crippen LogP contribution in [0.25, 0.3) is 0 Å². The first-order valence-corrected chi connectivity index (χ1v) is 41.1. The van der Waals surface area contributed by atoms with Gasteiger partial charge in [-0.15, -0.1) is 0 Å². The van der Waals surface area contributed by atoms with Crippen LogP contribution in [0.4, 0.5) is 0 Å². The van der Waals surface area contributed by atoms with Crippen molar-refractivity contribution in [2.24, 2.45) is 35.5 Å².